The first-order valence-corrected chi connectivity index (χ1v) is 5.72. The molecule has 16 heavy (non-hydrogen) atoms. The third-order valence-electron chi connectivity index (χ3n) is 2.87. The van der Waals surface area contributed by atoms with Crippen LogP contribution in [-0.4, -0.2) is 13.2 Å². The minimum absolute atomic E-state index is 0.240. The summed E-state index contributed by atoms with van der Waals surface area (Å²) in [6, 6.07) is 5.18. The van der Waals surface area contributed by atoms with Crippen LogP contribution in [0.4, 0.5) is 4.39 Å². The number of halogens is 1. The number of ether oxygens (including phenoxy) is 2. The second kappa shape index (κ2) is 4.52. The quantitative estimate of drug-likeness (QED) is 0.785. The Kier molecular flexibility index (Phi) is 3.26. The highest BCUT2D eigenvalue weighted by Gasteiger charge is 2.39. The van der Waals surface area contributed by atoms with E-state index in [1.807, 2.05) is 19.9 Å². The molecule has 0 unspecified atom stereocenters. The molecule has 1 heterocycles. The van der Waals surface area contributed by atoms with Crippen LogP contribution in [0.2, 0.25) is 0 Å². The third-order valence-corrected chi connectivity index (χ3v) is 2.87. The molecule has 2 rings (SSSR count). The normalized spacial score (nSPS) is 18.9. The van der Waals surface area contributed by atoms with Crippen molar-refractivity contribution in [2.24, 2.45) is 0 Å². The van der Waals surface area contributed by atoms with Gasteiger partial charge in [0.15, 0.2) is 5.79 Å². The van der Waals surface area contributed by atoms with Gasteiger partial charge in [0.05, 0.1) is 13.2 Å². The Morgan fingerprint density at radius 3 is 2.56 bits per heavy atom. The summed E-state index contributed by atoms with van der Waals surface area (Å²) >= 11 is 0. The molecule has 0 amide bonds. The molecular weight excluding hydrogens is 207 g/mol. The van der Waals surface area contributed by atoms with Crippen LogP contribution in [0.3, 0.4) is 0 Å². The fourth-order valence-corrected chi connectivity index (χ4v) is 2.15. The largest absolute Gasteiger partial charge is 0.343 e. The Labute approximate surface area is 95.4 Å². The van der Waals surface area contributed by atoms with E-state index >= 15 is 0 Å². The second-order valence-electron chi connectivity index (χ2n) is 4.18. The van der Waals surface area contributed by atoms with E-state index < -0.39 is 5.79 Å². The lowest BCUT2D eigenvalue weighted by Gasteiger charge is -2.27. The molecule has 1 aromatic rings. The summed E-state index contributed by atoms with van der Waals surface area (Å²) in [5, 5.41) is 0. The topological polar surface area (TPSA) is 18.5 Å². The monoisotopic (exact) mass is 224 g/mol. The zero-order chi connectivity index (χ0) is 11.6. The van der Waals surface area contributed by atoms with E-state index in [-0.39, 0.29) is 5.82 Å². The molecule has 0 radical (unpaired) electrons. The van der Waals surface area contributed by atoms with E-state index in [0.717, 1.165) is 12.0 Å². The summed E-state index contributed by atoms with van der Waals surface area (Å²) in [5.74, 6) is -1.10. The Morgan fingerprint density at radius 2 is 2.00 bits per heavy atom. The predicted octanol–water partition coefficient (Wildman–Crippen LogP) is 3.13. The number of rotatable bonds is 3. The van der Waals surface area contributed by atoms with E-state index in [1.165, 1.54) is 6.07 Å². The van der Waals surface area contributed by atoms with E-state index in [2.05, 4.69) is 0 Å². The second-order valence-corrected chi connectivity index (χ2v) is 4.18. The molecule has 3 heteroatoms. The lowest BCUT2D eigenvalue weighted by atomic mass is 9.99. The highest BCUT2D eigenvalue weighted by atomic mass is 19.1. The summed E-state index contributed by atoms with van der Waals surface area (Å²) in [7, 11) is 0. The zero-order valence-electron chi connectivity index (χ0n) is 9.75. The first-order valence-electron chi connectivity index (χ1n) is 5.72. The van der Waals surface area contributed by atoms with Crippen LogP contribution < -0.4 is 0 Å². The van der Waals surface area contributed by atoms with Gasteiger partial charge in [0.2, 0.25) is 0 Å². The van der Waals surface area contributed by atoms with Crippen LogP contribution in [0.15, 0.2) is 18.2 Å². The van der Waals surface area contributed by atoms with E-state index in [4.69, 9.17) is 9.47 Å². The van der Waals surface area contributed by atoms with E-state index in [1.54, 1.807) is 6.07 Å². The third kappa shape index (κ3) is 1.97. The van der Waals surface area contributed by atoms with Gasteiger partial charge in [-0.05, 0) is 18.6 Å². The summed E-state index contributed by atoms with van der Waals surface area (Å²) in [4.78, 5) is 0. The van der Waals surface area contributed by atoms with Crippen molar-refractivity contribution in [2.45, 2.75) is 32.5 Å². The molecule has 0 aromatic heterocycles. The van der Waals surface area contributed by atoms with Crippen molar-refractivity contribution in [2.75, 3.05) is 13.2 Å². The van der Waals surface area contributed by atoms with Crippen LogP contribution in [0.25, 0.3) is 0 Å². The average molecular weight is 224 g/mol. The molecular formula is C13H17FO2. The van der Waals surface area contributed by atoms with E-state index in [9.17, 15) is 4.39 Å². The molecule has 0 bridgehead atoms. The van der Waals surface area contributed by atoms with Crippen molar-refractivity contribution >= 4 is 0 Å². The van der Waals surface area contributed by atoms with Crippen LogP contribution in [0.5, 0.6) is 0 Å². The predicted molar refractivity (Wildman–Crippen MR) is 59.6 cm³/mol. The molecule has 1 aromatic carbocycles. The Bertz CT molecular complexity index is 370. The molecule has 1 saturated heterocycles. The SMILES string of the molecule is CCCC1(c2ccc(C)cc2F)OCCO1. The van der Waals surface area contributed by atoms with Crippen molar-refractivity contribution in [1.29, 1.82) is 0 Å². The Balaban J connectivity index is 2.38. The lowest BCUT2D eigenvalue weighted by molar-refractivity contribution is -0.172. The number of aryl methyl sites for hydroxylation is 1. The number of hydrogen-bond acceptors (Lipinski definition) is 2. The van der Waals surface area contributed by atoms with Gasteiger partial charge in [0, 0.05) is 12.0 Å². The lowest BCUT2D eigenvalue weighted by Crippen LogP contribution is -2.28. The number of benzene rings is 1. The first-order chi connectivity index (χ1) is 7.68. The standard InChI is InChI=1S/C13H17FO2/c1-3-6-13(15-7-8-16-13)11-5-4-10(2)9-12(11)14/h4-5,9H,3,6-8H2,1-2H3. The molecule has 2 nitrogen and oxygen atoms in total. The van der Waals surface area contributed by atoms with Gasteiger partial charge in [-0.1, -0.05) is 25.5 Å². The van der Waals surface area contributed by atoms with Gasteiger partial charge in [-0.25, -0.2) is 4.39 Å². The summed E-state index contributed by atoms with van der Waals surface area (Å²) in [6.07, 6.45) is 1.58. The molecule has 0 aliphatic carbocycles. The van der Waals surface area contributed by atoms with Gasteiger partial charge in [0.1, 0.15) is 5.82 Å². The molecule has 0 N–H and O–H groups in total. The highest BCUT2D eigenvalue weighted by Crippen LogP contribution is 2.37. The maximum atomic E-state index is 13.9. The average Bonchev–Trinajstić information content (AvgIpc) is 2.67. The van der Waals surface area contributed by atoms with Crippen molar-refractivity contribution < 1.29 is 13.9 Å². The van der Waals surface area contributed by atoms with E-state index in [0.29, 0.717) is 25.2 Å². The van der Waals surface area contributed by atoms with Gasteiger partial charge in [-0.3, -0.25) is 0 Å². The number of hydrogen-bond donors (Lipinski definition) is 0. The fraction of sp³-hybridized carbons (Fsp3) is 0.538. The zero-order valence-corrected chi connectivity index (χ0v) is 9.75. The van der Waals surface area contributed by atoms with Gasteiger partial charge >= 0.3 is 0 Å². The van der Waals surface area contributed by atoms with Crippen molar-refractivity contribution in [3.63, 3.8) is 0 Å². The van der Waals surface area contributed by atoms with Crippen LogP contribution in [0, 0.1) is 12.7 Å². The minimum Gasteiger partial charge on any atom is -0.343 e. The molecule has 1 fully saturated rings. The smallest absolute Gasteiger partial charge is 0.197 e. The molecule has 1 aliphatic heterocycles. The maximum Gasteiger partial charge on any atom is 0.197 e. The van der Waals surface area contributed by atoms with Gasteiger partial charge in [-0.15, -0.1) is 0 Å². The van der Waals surface area contributed by atoms with Gasteiger partial charge < -0.3 is 9.47 Å². The van der Waals surface area contributed by atoms with Gasteiger partial charge in [0.25, 0.3) is 0 Å². The van der Waals surface area contributed by atoms with Gasteiger partial charge in [-0.2, -0.15) is 0 Å². The molecule has 88 valence electrons. The molecule has 0 atom stereocenters. The molecule has 0 saturated carbocycles. The fourth-order valence-electron chi connectivity index (χ4n) is 2.15. The highest BCUT2D eigenvalue weighted by molar-refractivity contribution is 5.27. The Hall–Kier alpha value is -0.930. The van der Waals surface area contributed by atoms with Crippen molar-refractivity contribution in [3.8, 4) is 0 Å². The van der Waals surface area contributed by atoms with Crippen molar-refractivity contribution in [1.82, 2.24) is 0 Å². The summed E-state index contributed by atoms with van der Waals surface area (Å²) in [5.41, 5.74) is 1.43. The maximum absolute atomic E-state index is 13.9. The molecule has 1 aliphatic rings. The van der Waals surface area contributed by atoms with Crippen LogP contribution in [0.1, 0.15) is 30.9 Å². The molecule has 0 spiro atoms. The van der Waals surface area contributed by atoms with Crippen LogP contribution >= 0.6 is 0 Å². The summed E-state index contributed by atoms with van der Waals surface area (Å²) < 4.78 is 25.2. The minimum atomic E-state index is -0.855. The van der Waals surface area contributed by atoms with Crippen LogP contribution in [-0.2, 0) is 15.3 Å². The first kappa shape index (κ1) is 11.6. The Morgan fingerprint density at radius 1 is 1.31 bits per heavy atom. The summed E-state index contributed by atoms with van der Waals surface area (Å²) in [6.45, 7) is 4.98. The van der Waals surface area contributed by atoms with Crippen molar-refractivity contribution in [3.05, 3.63) is 35.1 Å².